The fraction of sp³-hybridized carbons (Fsp3) is 0.667. The summed E-state index contributed by atoms with van der Waals surface area (Å²) in [7, 11) is 4.34. The van der Waals surface area contributed by atoms with Crippen LogP contribution >= 0.6 is 0 Å². The van der Waals surface area contributed by atoms with E-state index >= 15 is 0 Å². The Morgan fingerprint density at radius 2 is 1.12 bits per heavy atom. The molecule has 0 heterocycles. The summed E-state index contributed by atoms with van der Waals surface area (Å²) >= 11 is 0. The van der Waals surface area contributed by atoms with E-state index in [1.807, 2.05) is 54.6 Å². The van der Waals surface area contributed by atoms with Crippen LogP contribution in [0.3, 0.4) is 0 Å². The normalized spacial score (nSPS) is 12.1. The molecule has 0 bridgehead atoms. The molecular weight excluding hydrogens is 514 g/mol. The molecule has 3 heteroatoms. The summed E-state index contributed by atoms with van der Waals surface area (Å²) in [5.41, 5.74) is 1.38. The summed E-state index contributed by atoms with van der Waals surface area (Å²) in [5, 5.41) is 0. The Morgan fingerprint density at radius 1 is 0.619 bits per heavy atom. The zero-order valence-corrected chi connectivity index (χ0v) is 27.6. The zero-order valence-electron chi connectivity index (χ0n) is 27.6. The van der Waals surface area contributed by atoms with Gasteiger partial charge in [0.2, 0.25) is 0 Å². The Morgan fingerprint density at radius 3 is 1.69 bits per heavy atom. The summed E-state index contributed by atoms with van der Waals surface area (Å²) in [6.07, 6.45) is 27.2. The molecule has 0 saturated heterocycles. The first-order chi connectivity index (χ1) is 20.6. The van der Waals surface area contributed by atoms with Crippen LogP contribution in [-0.2, 0) is 0 Å². The van der Waals surface area contributed by atoms with E-state index in [0.717, 1.165) is 18.1 Å². The molecule has 2 aromatic carbocycles. The third kappa shape index (κ3) is 17.1. The summed E-state index contributed by atoms with van der Waals surface area (Å²) < 4.78 is 6.25. The smallest absolute Gasteiger partial charge is 0.196 e. The van der Waals surface area contributed by atoms with E-state index in [2.05, 4.69) is 25.9 Å². The van der Waals surface area contributed by atoms with Gasteiger partial charge in [-0.15, -0.1) is 0 Å². The van der Waals surface area contributed by atoms with Gasteiger partial charge >= 0.3 is 0 Å². The van der Waals surface area contributed by atoms with Gasteiger partial charge in [0.15, 0.2) is 5.78 Å². The van der Waals surface area contributed by atoms with Gasteiger partial charge in [0, 0.05) is 5.56 Å². The van der Waals surface area contributed by atoms with Gasteiger partial charge in [0.25, 0.3) is 0 Å². The van der Waals surface area contributed by atoms with Gasteiger partial charge in [-0.05, 0) is 51.5 Å². The molecule has 0 radical (unpaired) electrons. The number of ether oxygens (including phenoxy) is 1. The number of para-hydroxylation sites is 1. The molecule has 0 spiro atoms. The predicted molar refractivity (Wildman–Crippen MR) is 182 cm³/mol. The number of carbonyl (C=O) groups is 1. The number of hydrogen-bond acceptors (Lipinski definition) is 3. The first-order valence-corrected chi connectivity index (χ1v) is 17.6. The SMILES string of the molecule is CCCCCCC(CCCCCCCCCCCCCCCN(C)C)CCOc1ccccc1C(=O)c1ccccc1. The Bertz CT molecular complexity index is 910. The molecule has 3 nitrogen and oxygen atoms in total. The quantitative estimate of drug-likeness (QED) is 0.0781. The lowest BCUT2D eigenvalue weighted by Gasteiger charge is -2.18. The molecule has 0 saturated carbocycles. The highest BCUT2D eigenvalue weighted by Crippen LogP contribution is 2.25. The van der Waals surface area contributed by atoms with Crippen LogP contribution in [-0.4, -0.2) is 37.9 Å². The molecule has 236 valence electrons. The van der Waals surface area contributed by atoms with Gasteiger partial charge in [-0.2, -0.15) is 0 Å². The molecule has 0 aromatic heterocycles. The van der Waals surface area contributed by atoms with Crippen LogP contribution in [0, 0.1) is 5.92 Å². The minimum absolute atomic E-state index is 0.0356. The number of rotatable bonds is 27. The van der Waals surface area contributed by atoms with Crippen molar-refractivity contribution in [3.8, 4) is 5.75 Å². The Labute approximate surface area is 259 Å². The van der Waals surface area contributed by atoms with E-state index in [-0.39, 0.29) is 5.78 Å². The summed E-state index contributed by atoms with van der Waals surface area (Å²) in [6.45, 7) is 4.21. The number of benzene rings is 2. The molecule has 0 aliphatic rings. The van der Waals surface area contributed by atoms with Gasteiger partial charge in [-0.25, -0.2) is 0 Å². The molecule has 1 unspecified atom stereocenters. The fourth-order valence-corrected chi connectivity index (χ4v) is 5.96. The van der Waals surface area contributed by atoms with Crippen LogP contribution < -0.4 is 4.74 Å². The van der Waals surface area contributed by atoms with Crippen LogP contribution in [0.1, 0.15) is 151 Å². The van der Waals surface area contributed by atoms with Crippen LogP contribution in [0.15, 0.2) is 54.6 Å². The first-order valence-electron chi connectivity index (χ1n) is 17.6. The Hall–Kier alpha value is -2.13. The van der Waals surface area contributed by atoms with Crippen LogP contribution in [0.2, 0.25) is 0 Å². The van der Waals surface area contributed by atoms with Crippen molar-refractivity contribution in [2.75, 3.05) is 27.2 Å². The van der Waals surface area contributed by atoms with Crippen LogP contribution in [0.5, 0.6) is 5.75 Å². The lowest BCUT2D eigenvalue weighted by molar-refractivity contribution is 0.103. The third-order valence-electron chi connectivity index (χ3n) is 8.63. The number of nitrogens with zero attached hydrogens (tertiary/aromatic N) is 1. The van der Waals surface area contributed by atoms with Gasteiger partial charge in [0.05, 0.1) is 12.2 Å². The van der Waals surface area contributed by atoms with Gasteiger partial charge in [-0.3, -0.25) is 4.79 Å². The predicted octanol–water partition coefficient (Wildman–Crippen LogP) is 11.3. The molecule has 1 atom stereocenters. The second-order valence-corrected chi connectivity index (χ2v) is 12.7. The summed E-state index contributed by atoms with van der Waals surface area (Å²) in [6, 6.07) is 17.3. The van der Waals surface area contributed by atoms with E-state index in [4.69, 9.17) is 4.74 Å². The minimum Gasteiger partial charge on any atom is -0.493 e. The highest BCUT2D eigenvalue weighted by molar-refractivity contribution is 6.10. The minimum atomic E-state index is 0.0356. The zero-order chi connectivity index (χ0) is 30.1. The van der Waals surface area contributed by atoms with Crippen molar-refractivity contribution in [3.05, 3.63) is 65.7 Å². The summed E-state index contributed by atoms with van der Waals surface area (Å²) in [5.74, 6) is 1.48. The maximum atomic E-state index is 13.1. The molecule has 0 fully saturated rings. The van der Waals surface area contributed by atoms with Crippen molar-refractivity contribution in [3.63, 3.8) is 0 Å². The molecule has 0 N–H and O–H groups in total. The van der Waals surface area contributed by atoms with Gasteiger partial charge < -0.3 is 9.64 Å². The number of hydrogen-bond donors (Lipinski definition) is 0. The average Bonchev–Trinajstić information content (AvgIpc) is 3.01. The van der Waals surface area contributed by atoms with Crippen molar-refractivity contribution < 1.29 is 9.53 Å². The molecule has 2 rings (SSSR count). The van der Waals surface area contributed by atoms with Crippen LogP contribution in [0.25, 0.3) is 0 Å². The molecule has 2 aromatic rings. The van der Waals surface area contributed by atoms with Crippen molar-refractivity contribution in [2.24, 2.45) is 5.92 Å². The third-order valence-corrected chi connectivity index (χ3v) is 8.63. The van der Waals surface area contributed by atoms with Crippen molar-refractivity contribution in [1.82, 2.24) is 4.90 Å². The highest BCUT2D eigenvalue weighted by Gasteiger charge is 2.15. The van der Waals surface area contributed by atoms with Gasteiger partial charge in [0.1, 0.15) is 5.75 Å². The van der Waals surface area contributed by atoms with Gasteiger partial charge in [-0.1, -0.05) is 165 Å². The molecule has 0 aliphatic carbocycles. The van der Waals surface area contributed by atoms with E-state index in [0.29, 0.717) is 17.7 Å². The number of carbonyl (C=O) groups excluding carboxylic acids is 1. The van der Waals surface area contributed by atoms with Crippen LogP contribution in [0.4, 0.5) is 0 Å². The average molecular weight is 578 g/mol. The fourth-order valence-electron chi connectivity index (χ4n) is 5.96. The van der Waals surface area contributed by atoms with Crippen molar-refractivity contribution in [1.29, 1.82) is 0 Å². The highest BCUT2D eigenvalue weighted by atomic mass is 16.5. The van der Waals surface area contributed by atoms with E-state index in [9.17, 15) is 4.79 Å². The maximum Gasteiger partial charge on any atom is 0.196 e. The number of ketones is 1. The Balaban J connectivity index is 1.61. The first kappa shape index (κ1) is 36.1. The van der Waals surface area contributed by atoms with E-state index in [1.165, 1.54) is 129 Å². The standard InChI is InChI=1S/C39H63NO2/c1-4-5-6-19-26-35(27-20-16-14-12-10-8-7-9-11-13-15-17-25-33-40(2)3)32-34-42-38-31-24-23-30-37(38)39(41)36-28-21-18-22-29-36/h18,21-24,28-31,35H,4-17,19-20,25-27,32-34H2,1-3H3. The lowest BCUT2D eigenvalue weighted by atomic mass is 9.92. The molecular formula is C39H63NO2. The molecule has 0 amide bonds. The topological polar surface area (TPSA) is 29.5 Å². The monoisotopic (exact) mass is 577 g/mol. The Kier molecular flexibility index (Phi) is 20.9. The van der Waals surface area contributed by atoms with E-state index < -0.39 is 0 Å². The maximum absolute atomic E-state index is 13.1. The second kappa shape index (κ2) is 24.3. The molecule has 0 aliphatic heterocycles. The lowest BCUT2D eigenvalue weighted by Crippen LogP contribution is -2.12. The van der Waals surface area contributed by atoms with E-state index in [1.54, 1.807) is 0 Å². The largest absolute Gasteiger partial charge is 0.493 e. The van der Waals surface area contributed by atoms with Crippen molar-refractivity contribution >= 4 is 5.78 Å². The molecule has 42 heavy (non-hydrogen) atoms. The van der Waals surface area contributed by atoms with Crippen molar-refractivity contribution in [2.45, 2.75) is 135 Å². The summed E-state index contributed by atoms with van der Waals surface area (Å²) in [4.78, 5) is 15.4. The second-order valence-electron chi connectivity index (χ2n) is 12.7. The number of unbranched alkanes of at least 4 members (excludes halogenated alkanes) is 15.